The van der Waals surface area contributed by atoms with Crippen LogP contribution >= 0.6 is 11.3 Å². The highest BCUT2D eigenvalue weighted by Gasteiger charge is 2.22. The summed E-state index contributed by atoms with van der Waals surface area (Å²) in [6.45, 7) is 0. The SMILES string of the molecule is c1ccc(-c2nc(-c3ccccc3)nc(-c3cccc4sc5ccc(-c6nc(-c7ccc8c(c7)oc7ccccc78)nc7c6oc6ccccc67)cc5c34)n2)cc1. The van der Waals surface area contributed by atoms with Crippen molar-refractivity contribution in [2.75, 3.05) is 0 Å². The zero-order valence-electron chi connectivity index (χ0n) is 30.0. The van der Waals surface area contributed by atoms with Gasteiger partial charge in [0.25, 0.3) is 0 Å². The van der Waals surface area contributed by atoms with E-state index in [9.17, 15) is 0 Å². The fourth-order valence-corrected chi connectivity index (χ4v) is 8.98. The maximum atomic E-state index is 6.56. The van der Waals surface area contributed by atoms with Crippen LogP contribution in [0.15, 0.2) is 173 Å². The lowest BCUT2D eigenvalue weighted by atomic mass is 10.0. The lowest BCUT2D eigenvalue weighted by Gasteiger charge is -2.10. The molecule has 12 aromatic rings. The van der Waals surface area contributed by atoms with E-state index in [-0.39, 0.29) is 0 Å². The molecule has 0 spiro atoms. The highest BCUT2D eigenvalue weighted by Crippen LogP contribution is 2.43. The summed E-state index contributed by atoms with van der Waals surface area (Å²) < 4.78 is 15.1. The number of thiophene rings is 1. The summed E-state index contributed by atoms with van der Waals surface area (Å²) in [5.41, 5.74) is 9.08. The molecule has 5 aromatic heterocycles. The van der Waals surface area contributed by atoms with Crippen molar-refractivity contribution in [3.63, 3.8) is 0 Å². The van der Waals surface area contributed by atoms with Gasteiger partial charge in [-0.05, 0) is 48.5 Å². The van der Waals surface area contributed by atoms with Crippen LogP contribution in [0.1, 0.15) is 0 Å². The van der Waals surface area contributed by atoms with Crippen LogP contribution in [0.3, 0.4) is 0 Å². The summed E-state index contributed by atoms with van der Waals surface area (Å²) in [7, 11) is 0. The van der Waals surface area contributed by atoms with E-state index in [0.717, 1.165) is 86.4 Å². The quantitative estimate of drug-likeness (QED) is 0.173. The van der Waals surface area contributed by atoms with Gasteiger partial charge in [-0.2, -0.15) is 0 Å². The molecule has 0 amide bonds. The van der Waals surface area contributed by atoms with Gasteiger partial charge >= 0.3 is 0 Å². The van der Waals surface area contributed by atoms with Crippen LogP contribution in [0.2, 0.25) is 0 Å². The van der Waals surface area contributed by atoms with Crippen LogP contribution in [0.4, 0.5) is 0 Å². The molecule has 0 saturated heterocycles. The van der Waals surface area contributed by atoms with Crippen molar-refractivity contribution >= 4 is 75.5 Å². The Hall–Kier alpha value is -7.55. The molecule has 12 rings (SSSR count). The molecule has 8 heteroatoms. The highest BCUT2D eigenvalue weighted by molar-refractivity contribution is 7.26. The summed E-state index contributed by atoms with van der Waals surface area (Å²) in [5, 5.41) is 5.23. The molecule has 266 valence electrons. The Morgan fingerprint density at radius 3 is 1.77 bits per heavy atom. The minimum Gasteiger partial charge on any atom is -0.456 e. The molecule has 0 unspecified atom stereocenters. The number of aromatic nitrogens is 5. The number of hydrogen-bond donors (Lipinski definition) is 0. The molecule has 0 fully saturated rings. The third kappa shape index (κ3) is 5.15. The smallest absolute Gasteiger partial charge is 0.180 e. The average Bonchev–Trinajstić information content (AvgIpc) is 3.97. The number of hydrogen-bond acceptors (Lipinski definition) is 8. The number of furan rings is 2. The molecule has 0 aliphatic rings. The molecule has 7 aromatic carbocycles. The van der Waals surface area contributed by atoms with Crippen molar-refractivity contribution in [3.05, 3.63) is 164 Å². The van der Waals surface area contributed by atoms with E-state index < -0.39 is 0 Å². The first-order valence-corrected chi connectivity index (χ1v) is 19.5. The summed E-state index contributed by atoms with van der Waals surface area (Å²) in [4.78, 5) is 25.5. The van der Waals surface area contributed by atoms with Gasteiger partial charge in [-0.25, -0.2) is 24.9 Å². The molecule has 0 radical (unpaired) electrons. The van der Waals surface area contributed by atoms with Crippen LogP contribution in [-0.2, 0) is 0 Å². The summed E-state index contributed by atoms with van der Waals surface area (Å²) in [5.74, 6) is 2.45. The molecule has 0 aliphatic heterocycles. The predicted molar refractivity (Wildman–Crippen MR) is 230 cm³/mol. The molecule has 57 heavy (non-hydrogen) atoms. The van der Waals surface area contributed by atoms with Crippen LogP contribution in [0.5, 0.6) is 0 Å². The van der Waals surface area contributed by atoms with E-state index in [1.807, 2.05) is 109 Å². The van der Waals surface area contributed by atoms with Crippen molar-refractivity contribution in [2.45, 2.75) is 0 Å². The van der Waals surface area contributed by atoms with Gasteiger partial charge in [-0.3, -0.25) is 0 Å². The molecule has 0 atom stereocenters. The molecular formula is C49H27N5O2S. The normalized spacial score (nSPS) is 11.9. The maximum Gasteiger partial charge on any atom is 0.180 e. The Morgan fingerprint density at radius 1 is 0.368 bits per heavy atom. The molecule has 0 bridgehead atoms. The van der Waals surface area contributed by atoms with Gasteiger partial charge in [0, 0.05) is 64.1 Å². The van der Waals surface area contributed by atoms with Crippen molar-refractivity contribution in [2.24, 2.45) is 0 Å². The average molecular weight is 750 g/mol. The largest absolute Gasteiger partial charge is 0.456 e. The molecular weight excluding hydrogens is 723 g/mol. The number of para-hydroxylation sites is 2. The van der Waals surface area contributed by atoms with Crippen LogP contribution < -0.4 is 0 Å². The van der Waals surface area contributed by atoms with Gasteiger partial charge < -0.3 is 8.83 Å². The molecule has 0 aliphatic carbocycles. The van der Waals surface area contributed by atoms with E-state index in [2.05, 4.69) is 54.6 Å². The van der Waals surface area contributed by atoms with Gasteiger partial charge in [0.05, 0.1) is 0 Å². The summed E-state index contributed by atoms with van der Waals surface area (Å²) in [6.07, 6.45) is 0. The Bertz CT molecular complexity index is 3480. The fraction of sp³-hybridized carbons (Fsp3) is 0. The monoisotopic (exact) mass is 749 g/mol. The first-order valence-electron chi connectivity index (χ1n) is 18.7. The van der Waals surface area contributed by atoms with Crippen LogP contribution in [0, 0.1) is 0 Å². The van der Waals surface area contributed by atoms with E-state index in [1.165, 1.54) is 0 Å². The van der Waals surface area contributed by atoms with Gasteiger partial charge in [0.15, 0.2) is 28.9 Å². The van der Waals surface area contributed by atoms with E-state index in [1.54, 1.807) is 11.3 Å². The molecule has 5 heterocycles. The fourth-order valence-electron chi connectivity index (χ4n) is 7.87. The second-order valence-corrected chi connectivity index (χ2v) is 15.1. The summed E-state index contributed by atoms with van der Waals surface area (Å²) >= 11 is 1.75. The van der Waals surface area contributed by atoms with Crippen LogP contribution in [-0.4, -0.2) is 24.9 Å². The first kappa shape index (κ1) is 31.8. The third-order valence-corrected chi connectivity index (χ3v) is 11.7. The van der Waals surface area contributed by atoms with Crippen LogP contribution in [0.25, 0.3) is 121 Å². The van der Waals surface area contributed by atoms with Gasteiger partial charge in [0.1, 0.15) is 28.0 Å². The highest BCUT2D eigenvalue weighted by atomic mass is 32.1. The van der Waals surface area contributed by atoms with Crippen molar-refractivity contribution in [1.29, 1.82) is 0 Å². The lowest BCUT2D eigenvalue weighted by Crippen LogP contribution is -2.00. The minimum absolute atomic E-state index is 0.592. The van der Waals surface area contributed by atoms with Crippen molar-refractivity contribution < 1.29 is 8.83 Å². The zero-order chi connectivity index (χ0) is 37.5. The van der Waals surface area contributed by atoms with Gasteiger partial charge in [-0.1, -0.05) is 115 Å². The number of nitrogens with zero attached hydrogens (tertiary/aromatic N) is 5. The second-order valence-electron chi connectivity index (χ2n) is 14.0. The third-order valence-electron chi connectivity index (χ3n) is 10.6. The maximum absolute atomic E-state index is 6.56. The Kier molecular flexibility index (Phi) is 6.96. The summed E-state index contributed by atoms with van der Waals surface area (Å²) in [6, 6.07) is 55.3. The molecule has 7 nitrogen and oxygen atoms in total. The van der Waals surface area contributed by atoms with E-state index >= 15 is 0 Å². The number of benzene rings is 7. The van der Waals surface area contributed by atoms with E-state index in [0.29, 0.717) is 34.6 Å². The second kappa shape index (κ2) is 12.5. The van der Waals surface area contributed by atoms with Gasteiger partial charge in [-0.15, -0.1) is 11.3 Å². The molecule has 0 N–H and O–H groups in total. The standard InChI is InChI=1S/C49H27N5O2S/c1-3-12-28(13-4-1)46-52-47(29-14-5-2-6-15-29)54-49(53-46)35-18-11-21-41-42(35)36-26-30(23-25-40(36)57-41)43-45-44(34-17-8-10-20-38(34)56-45)51-48(50-43)31-22-24-33-32-16-7-9-19-37(32)55-39(33)27-31/h1-27H. The van der Waals surface area contributed by atoms with Crippen molar-refractivity contribution in [1.82, 2.24) is 24.9 Å². The Balaban J connectivity index is 1.08. The first-order chi connectivity index (χ1) is 28.2. The van der Waals surface area contributed by atoms with Crippen molar-refractivity contribution in [3.8, 4) is 56.8 Å². The van der Waals surface area contributed by atoms with E-state index in [4.69, 9.17) is 33.8 Å². The lowest BCUT2D eigenvalue weighted by molar-refractivity contribution is 0.667. The number of rotatable bonds is 5. The number of fused-ring (bicyclic) bond motifs is 9. The minimum atomic E-state index is 0.592. The zero-order valence-corrected chi connectivity index (χ0v) is 30.9. The Morgan fingerprint density at radius 2 is 1.00 bits per heavy atom. The van der Waals surface area contributed by atoms with Gasteiger partial charge in [0.2, 0.25) is 0 Å². The topological polar surface area (TPSA) is 90.7 Å². The molecule has 0 saturated carbocycles. The predicted octanol–water partition coefficient (Wildman–Crippen LogP) is 13.2. The Labute approximate surface area is 328 Å².